The lowest BCUT2D eigenvalue weighted by molar-refractivity contribution is -0.130. The lowest BCUT2D eigenvalue weighted by atomic mass is 10.1. The Morgan fingerprint density at radius 2 is 1.89 bits per heavy atom. The van der Waals surface area contributed by atoms with Crippen LogP contribution in [-0.2, 0) is 11.2 Å². The molecule has 0 spiro atoms. The number of aryl methyl sites for hydroxylation is 1. The van der Waals surface area contributed by atoms with E-state index in [2.05, 4.69) is 11.0 Å². The Labute approximate surface area is 120 Å². The largest absolute Gasteiger partial charge is 0.340 e. The fourth-order valence-corrected chi connectivity index (χ4v) is 2.71. The fraction of sp³-hybridized carbons (Fsp3) is 0.533. The van der Waals surface area contributed by atoms with Crippen LogP contribution in [0, 0.1) is 0 Å². The highest BCUT2D eigenvalue weighted by Crippen LogP contribution is 2.16. The van der Waals surface area contributed by atoms with E-state index in [4.69, 9.17) is 11.6 Å². The van der Waals surface area contributed by atoms with Gasteiger partial charge in [-0.3, -0.25) is 9.69 Å². The minimum absolute atomic E-state index is 0.190. The molecule has 0 aliphatic carbocycles. The number of piperazine rings is 1. The first kappa shape index (κ1) is 14.4. The quantitative estimate of drug-likeness (QED) is 0.846. The Morgan fingerprint density at radius 1 is 1.21 bits per heavy atom. The standard InChI is InChI=1S/C15H21ClN2O/c1-13(19)18-11-9-17(10-12-18)8-4-6-14-5-2-3-7-15(14)16/h2-3,5,7H,4,6,8-12H2,1H3. The third-order valence-electron chi connectivity index (χ3n) is 3.70. The molecule has 2 rings (SSSR count). The Kier molecular flexibility index (Phi) is 5.23. The van der Waals surface area contributed by atoms with Gasteiger partial charge in [0.05, 0.1) is 0 Å². The van der Waals surface area contributed by atoms with Crippen LogP contribution in [0.15, 0.2) is 24.3 Å². The molecule has 1 aliphatic heterocycles. The third kappa shape index (κ3) is 4.22. The van der Waals surface area contributed by atoms with E-state index in [1.54, 1.807) is 6.92 Å². The second-order valence-corrected chi connectivity index (χ2v) is 5.45. The van der Waals surface area contributed by atoms with Crippen LogP contribution in [0.2, 0.25) is 5.02 Å². The number of nitrogens with zero attached hydrogens (tertiary/aromatic N) is 2. The second kappa shape index (κ2) is 6.92. The van der Waals surface area contributed by atoms with Crippen molar-refractivity contribution in [1.29, 1.82) is 0 Å². The van der Waals surface area contributed by atoms with Gasteiger partial charge in [-0.2, -0.15) is 0 Å². The van der Waals surface area contributed by atoms with Crippen molar-refractivity contribution < 1.29 is 4.79 Å². The monoisotopic (exact) mass is 280 g/mol. The Morgan fingerprint density at radius 3 is 2.53 bits per heavy atom. The smallest absolute Gasteiger partial charge is 0.219 e. The zero-order valence-corrected chi connectivity index (χ0v) is 12.2. The van der Waals surface area contributed by atoms with Gasteiger partial charge in [0.2, 0.25) is 5.91 Å². The summed E-state index contributed by atoms with van der Waals surface area (Å²) >= 11 is 6.14. The topological polar surface area (TPSA) is 23.6 Å². The molecule has 1 saturated heterocycles. The molecular formula is C15H21ClN2O. The molecule has 1 fully saturated rings. The van der Waals surface area contributed by atoms with E-state index in [0.29, 0.717) is 0 Å². The SMILES string of the molecule is CC(=O)N1CCN(CCCc2ccccc2Cl)CC1. The van der Waals surface area contributed by atoms with E-state index in [1.165, 1.54) is 5.56 Å². The van der Waals surface area contributed by atoms with Gasteiger partial charge in [-0.1, -0.05) is 29.8 Å². The summed E-state index contributed by atoms with van der Waals surface area (Å²) in [5, 5.41) is 0.865. The Hall–Kier alpha value is -1.06. The van der Waals surface area contributed by atoms with Gasteiger partial charge in [0, 0.05) is 38.1 Å². The molecule has 19 heavy (non-hydrogen) atoms. The molecule has 0 radical (unpaired) electrons. The van der Waals surface area contributed by atoms with Crippen molar-refractivity contribution >= 4 is 17.5 Å². The van der Waals surface area contributed by atoms with Gasteiger partial charge in [-0.15, -0.1) is 0 Å². The summed E-state index contributed by atoms with van der Waals surface area (Å²) in [7, 11) is 0. The van der Waals surface area contributed by atoms with Crippen LogP contribution in [0.25, 0.3) is 0 Å². The molecule has 1 amide bonds. The molecule has 1 heterocycles. The lowest BCUT2D eigenvalue weighted by Gasteiger charge is -2.34. The second-order valence-electron chi connectivity index (χ2n) is 5.04. The first-order valence-electron chi connectivity index (χ1n) is 6.88. The van der Waals surface area contributed by atoms with Crippen molar-refractivity contribution in [3.63, 3.8) is 0 Å². The number of benzene rings is 1. The maximum Gasteiger partial charge on any atom is 0.219 e. The summed E-state index contributed by atoms with van der Waals surface area (Å²) < 4.78 is 0. The van der Waals surface area contributed by atoms with Gasteiger partial charge in [-0.05, 0) is 31.0 Å². The summed E-state index contributed by atoms with van der Waals surface area (Å²) in [6, 6.07) is 8.04. The molecule has 0 bridgehead atoms. The van der Waals surface area contributed by atoms with Crippen molar-refractivity contribution in [3.05, 3.63) is 34.9 Å². The number of amides is 1. The number of halogens is 1. The summed E-state index contributed by atoms with van der Waals surface area (Å²) in [6.45, 7) is 6.43. The number of hydrogen-bond acceptors (Lipinski definition) is 2. The molecule has 0 N–H and O–H groups in total. The lowest BCUT2D eigenvalue weighted by Crippen LogP contribution is -2.48. The van der Waals surface area contributed by atoms with Crippen LogP contribution in [0.4, 0.5) is 0 Å². The van der Waals surface area contributed by atoms with E-state index >= 15 is 0 Å². The molecule has 1 aromatic carbocycles. The maximum absolute atomic E-state index is 11.2. The zero-order valence-electron chi connectivity index (χ0n) is 11.4. The van der Waals surface area contributed by atoms with Crippen molar-refractivity contribution in [2.45, 2.75) is 19.8 Å². The average molecular weight is 281 g/mol. The number of carbonyl (C=O) groups excluding carboxylic acids is 1. The zero-order chi connectivity index (χ0) is 13.7. The van der Waals surface area contributed by atoms with Gasteiger partial charge in [0.25, 0.3) is 0 Å². The summed E-state index contributed by atoms with van der Waals surface area (Å²) in [6.07, 6.45) is 2.14. The van der Waals surface area contributed by atoms with E-state index < -0.39 is 0 Å². The number of hydrogen-bond donors (Lipinski definition) is 0. The van der Waals surface area contributed by atoms with Crippen LogP contribution in [-0.4, -0.2) is 48.4 Å². The van der Waals surface area contributed by atoms with Gasteiger partial charge in [0.15, 0.2) is 0 Å². The van der Waals surface area contributed by atoms with Crippen LogP contribution < -0.4 is 0 Å². The molecule has 3 nitrogen and oxygen atoms in total. The Bertz CT molecular complexity index is 428. The summed E-state index contributed by atoms with van der Waals surface area (Å²) in [5.74, 6) is 0.190. The highest BCUT2D eigenvalue weighted by atomic mass is 35.5. The number of rotatable bonds is 4. The summed E-state index contributed by atoms with van der Waals surface area (Å²) in [4.78, 5) is 15.6. The highest BCUT2D eigenvalue weighted by Gasteiger charge is 2.17. The Balaban J connectivity index is 1.70. The van der Waals surface area contributed by atoms with Gasteiger partial charge in [-0.25, -0.2) is 0 Å². The van der Waals surface area contributed by atoms with Crippen LogP contribution in [0.3, 0.4) is 0 Å². The predicted molar refractivity (Wildman–Crippen MR) is 78.5 cm³/mol. The van der Waals surface area contributed by atoms with Crippen molar-refractivity contribution in [1.82, 2.24) is 9.80 Å². The van der Waals surface area contributed by atoms with E-state index in [1.807, 2.05) is 23.1 Å². The molecular weight excluding hydrogens is 260 g/mol. The average Bonchev–Trinajstić information content (AvgIpc) is 2.41. The van der Waals surface area contributed by atoms with E-state index in [0.717, 1.165) is 50.6 Å². The van der Waals surface area contributed by atoms with E-state index in [-0.39, 0.29) is 5.91 Å². The fourth-order valence-electron chi connectivity index (χ4n) is 2.48. The molecule has 0 atom stereocenters. The van der Waals surface area contributed by atoms with Crippen LogP contribution in [0.5, 0.6) is 0 Å². The molecule has 104 valence electrons. The van der Waals surface area contributed by atoms with Gasteiger partial charge < -0.3 is 4.90 Å². The maximum atomic E-state index is 11.2. The molecule has 0 saturated carbocycles. The summed E-state index contributed by atoms with van der Waals surface area (Å²) in [5.41, 5.74) is 1.23. The molecule has 4 heteroatoms. The van der Waals surface area contributed by atoms with Crippen molar-refractivity contribution in [3.8, 4) is 0 Å². The third-order valence-corrected chi connectivity index (χ3v) is 4.06. The van der Waals surface area contributed by atoms with Crippen LogP contribution >= 0.6 is 11.6 Å². The molecule has 1 aliphatic rings. The van der Waals surface area contributed by atoms with Crippen molar-refractivity contribution in [2.75, 3.05) is 32.7 Å². The van der Waals surface area contributed by atoms with Gasteiger partial charge >= 0.3 is 0 Å². The first-order valence-corrected chi connectivity index (χ1v) is 7.26. The predicted octanol–water partition coefficient (Wildman–Crippen LogP) is 2.44. The van der Waals surface area contributed by atoms with E-state index in [9.17, 15) is 4.79 Å². The minimum atomic E-state index is 0.190. The first-order chi connectivity index (χ1) is 9.16. The highest BCUT2D eigenvalue weighted by molar-refractivity contribution is 6.31. The minimum Gasteiger partial charge on any atom is -0.340 e. The molecule has 1 aromatic rings. The van der Waals surface area contributed by atoms with Crippen LogP contribution in [0.1, 0.15) is 18.9 Å². The molecule has 0 unspecified atom stereocenters. The molecule has 0 aromatic heterocycles. The van der Waals surface area contributed by atoms with Gasteiger partial charge in [0.1, 0.15) is 0 Å². The normalized spacial score (nSPS) is 16.6. The number of carbonyl (C=O) groups is 1. The van der Waals surface area contributed by atoms with Crippen molar-refractivity contribution in [2.24, 2.45) is 0 Å².